The fraction of sp³-hybridized carbons (Fsp3) is 0.893. The monoisotopic (exact) mass is 624 g/mol. The second-order valence-corrected chi connectivity index (χ2v) is 11.1. The largest absolute Gasteiger partial charge is 0.510 e. The highest BCUT2D eigenvalue weighted by Crippen LogP contribution is 2.19. The van der Waals surface area contributed by atoms with Crippen LogP contribution in [-0.4, -0.2) is 146 Å². The first-order valence-corrected chi connectivity index (χ1v) is 14.7. The molecule has 0 radical (unpaired) electrons. The molecule has 15 heteroatoms. The summed E-state index contributed by atoms with van der Waals surface area (Å²) in [4.78, 5) is 39.2. The van der Waals surface area contributed by atoms with E-state index in [1.54, 1.807) is 20.8 Å². The molecule has 0 aromatic carbocycles. The number of amides is 1. The fourth-order valence-electron chi connectivity index (χ4n) is 3.57. The normalized spacial score (nSPS) is 15.1. The molecule has 0 aromatic rings. The summed E-state index contributed by atoms with van der Waals surface area (Å²) >= 11 is 0. The van der Waals surface area contributed by atoms with E-state index in [9.17, 15) is 19.5 Å². The minimum Gasteiger partial charge on any atom is -0.434 e. The molecule has 1 aliphatic heterocycles. The highest BCUT2D eigenvalue weighted by molar-refractivity contribution is 5.82. The van der Waals surface area contributed by atoms with E-state index < -0.39 is 35.8 Å². The Hall–Kier alpha value is -2.27. The molecule has 1 heterocycles. The topological polar surface area (TPSA) is 181 Å². The lowest BCUT2D eigenvalue weighted by molar-refractivity contribution is -0.141. The highest BCUT2D eigenvalue weighted by Gasteiger charge is 2.36. The average molecular weight is 625 g/mol. The molecule has 1 unspecified atom stereocenters. The number of aliphatic hydroxyl groups is 2. The number of rotatable bonds is 25. The standard InChI is InChI=1S/C28H52N2O13/c1-27(2,19-32)20-41-26(35)43-23-39-21-28(3,24(33)29-7-10-30-8-4-5-9-30)22-42-25(34)40-18-17-38-16-15-37-14-13-36-12-6-11-31/h31-32H,4-23H2,1-3H3,(H,29,33). The van der Waals surface area contributed by atoms with E-state index in [0.717, 1.165) is 25.9 Å². The van der Waals surface area contributed by atoms with Gasteiger partial charge in [-0.2, -0.15) is 0 Å². The zero-order chi connectivity index (χ0) is 31.8. The predicted octanol–water partition coefficient (Wildman–Crippen LogP) is 0.936. The molecule has 0 aromatic heterocycles. The van der Waals surface area contributed by atoms with E-state index in [0.29, 0.717) is 52.5 Å². The van der Waals surface area contributed by atoms with Gasteiger partial charge in [0.15, 0.2) is 6.79 Å². The molecule has 1 amide bonds. The Kier molecular flexibility index (Phi) is 20.9. The van der Waals surface area contributed by atoms with E-state index in [-0.39, 0.29) is 46.2 Å². The van der Waals surface area contributed by atoms with Crippen molar-refractivity contribution >= 4 is 18.2 Å². The number of carbonyl (C=O) groups excluding carboxylic acids is 3. The van der Waals surface area contributed by atoms with Gasteiger partial charge in [0.05, 0.1) is 46.2 Å². The van der Waals surface area contributed by atoms with Crippen LogP contribution in [0.3, 0.4) is 0 Å². The summed E-state index contributed by atoms with van der Waals surface area (Å²) in [5, 5.41) is 20.8. The van der Waals surface area contributed by atoms with Crippen molar-refractivity contribution in [3.8, 4) is 0 Å². The number of nitrogens with one attached hydrogen (secondary N) is 1. The van der Waals surface area contributed by atoms with Crippen LogP contribution in [-0.2, 0) is 42.7 Å². The molecule has 0 aliphatic carbocycles. The number of aliphatic hydroxyl groups excluding tert-OH is 2. The summed E-state index contributed by atoms with van der Waals surface area (Å²) < 4.78 is 41.4. The van der Waals surface area contributed by atoms with Gasteiger partial charge in [-0.25, -0.2) is 9.59 Å². The number of hydrogen-bond acceptors (Lipinski definition) is 14. The van der Waals surface area contributed by atoms with Crippen LogP contribution in [0.5, 0.6) is 0 Å². The first-order chi connectivity index (χ1) is 20.6. The van der Waals surface area contributed by atoms with Gasteiger partial charge in [0.25, 0.3) is 0 Å². The lowest BCUT2D eigenvalue weighted by atomic mass is 9.91. The van der Waals surface area contributed by atoms with Crippen molar-refractivity contribution in [3.05, 3.63) is 0 Å². The zero-order valence-corrected chi connectivity index (χ0v) is 26.0. The first kappa shape index (κ1) is 38.8. The lowest BCUT2D eigenvalue weighted by Gasteiger charge is -2.28. The third-order valence-corrected chi connectivity index (χ3v) is 6.30. The van der Waals surface area contributed by atoms with Crippen LogP contribution < -0.4 is 5.32 Å². The van der Waals surface area contributed by atoms with E-state index in [4.69, 9.17) is 43.0 Å². The molecule has 1 rings (SSSR count). The van der Waals surface area contributed by atoms with Crippen LogP contribution in [0.2, 0.25) is 0 Å². The third-order valence-electron chi connectivity index (χ3n) is 6.30. The van der Waals surface area contributed by atoms with Gasteiger partial charge in [0.2, 0.25) is 5.91 Å². The molecule has 1 fully saturated rings. The Bertz CT molecular complexity index is 765. The van der Waals surface area contributed by atoms with Gasteiger partial charge in [-0.15, -0.1) is 0 Å². The first-order valence-electron chi connectivity index (χ1n) is 14.7. The van der Waals surface area contributed by atoms with Crippen molar-refractivity contribution in [2.45, 2.75) is 40.0 Å². The van der Waals surface area contributed by atoms with Crippen LogP contribution in [0.4, 0.5) is 9.59 Å². The number of likely N-dealkylation sites (tertiary alicyclic amines) is 1. The van der Waals surface area contributed by atoms with Crippen molar-refractivity contribution in [1.29, 1.82) is 0 Å². The molecule has 252 valence electrons. The quantitative estimate of drug-likeness (QED) is 0.0741. The van der Waals surface area contributed by atoms with Crippen LogP contribution in [0.1, 0.15) is 40.0 Å². The molecule has 1 saturated heterocycles. The third kappa shape index (κ3) is 19.6. The zero-order valence-electron chi connectivity index (χ0n) is 26.0. The van der Waals surface area contributed by atoms with E-state index in [1.807, 2.05) is 0 Å². The van der Waals surface area contributed by atoms with Gasteiger partial charge in [0, 0.05) is 31.7 Å². The maximum atomic E-state index is 13.1. The summed E-state index contributed by atoms with van der Waals surface area (Å²) in [6.07, 6.45) is 0.911. The molecule has 1 aliphatic rings. The summed E-state index contributed by atoms with van der Waals surface area (Å²) in [5.74, 6) is -0.395. The molecular weight excluding hydrogens is 572 g/mol. The van der Waals surface area contributed by atoms with Crippen molar-refractivity contribution in [2.24, 2.45) is 10.8 Å². The SMILES string of the molecule is CC(C)(CO)COC(=O)OCOCC(C)(COC(=O)OCCOCCOCCOCCCO)C(=O)NCCN1CCCC1. The minimum atomic E-state index is -1.30. The summed E-state index contributed by atoms with van der Waals surface area (Å²) in [5.41, 5.74) is -1.92. The molecule has 15 nitrogen and oxygen atoms in total. The van der Waals surface area contributed by atoms with Crippen molar-refractivity contribution < 1.29 is 62.5 Å². The second-order valence-electron chi connectivity index (χ2n) is 11.1. The second kappa shape index (κ2) is 23.2. The minimum absolute atomic E-state index is 0.0452. The number of ether oxygens (including phenoxy) is 8. The van der Waals surface area contributed by atoms with E-state index in [2.05, 4.69) is 10.2 Å². The van der Waals surface area contributed by atoms with Crippen LogP contribution in [0.25, 0.3) is 0 Å². The van der Waals surface area contributed by atoms with Gasteiger partial charge >= 0.3 is 12.3 Å². The van der Waals surface area contributed by atoms with Gasteiger partial charge in [-0.1, -0.05) is 13.8 Å². The molecule has 3 N–H and O–H groups in total. The summed E-state index contributed by atoms with van der Waals surface area (Å²) in [7, 11) is 0. The molecule has 43 heavy (non-hydrogen) atoms. The Morgan fingerprint density at radius 2 is 1.30 bits per heavy atom. The smallest absolute Gasteiger partial charge is 0.434 e. The Morgan fingerprint density at radius 1 is 0.721 bits per heavy atom. The van der Waals surface area contributed by atoms with Crippen LogP contribution in [0.15, 0.2) is 0 Å². The van der Waals surface area contributed by atoms with Gasteiger partial charge < -0.3 is 58.3 Å². The Labute approximate surface area is 254 Å². The maximum absolute atomic E-state index is 13.1. The molecule has 0 bridgehead atoms. The average Bonchev–Trinajstić information content (AvgIpc) is 3.51. The Morgan fingerprint density at radius 3 is 1.93 bits per heavy atom. The van der Waals surface area contributed by atoms with Gasteiger partial charge in [-0.05, 0) is 39.3 Å². The molecule has 0 spiro atoms. The van der Waals surface area contributed by atoms with Gasteiger partial charge in [0.1, 0.15) is 25.2 Å². The van der Waals surface area contributed by atoms with Crippen molar-refractivity contribution in [1.82, 2.24) is 10.2 Å². The van der Waals surface area contributed by atoms with Crippen molar-refractivity contribution in [3.63, 3.8) is 0 Å². The highest BCUT2D eigenvalue weighted by atomic mass is 16.8. The van der Waals surface area contributed by atoms with Crippen molar-refractivity contribution in [2.75, 3.05) is 112 Å². The summed E-state index contributed by atoms with van der Waals surface area (Å²) in [6.45, 7) is 8.98. The number of hydrogen-bond donors (Lipinski definition) is 3. The van der Waals surface area contributed by atoms with Crippen LogP contribution in [0, 0.1) is 10.8 Å². The summed E-state index contributed by atoms with van der Waals surface area (Å²) in [6, 6.07) is 0. The van der Waals surface area contributed by atoms with E-state index in [1.165, 1.54) is 0 Å². The Balaban J connectivity index is 2.37. The number of carbonyl (C=O) groups is 3. The van der Waals surface area contributed by atoms with E-state index >= 15 is 0 Å². The molecular formula is C28H52N2O13. The van der Waals surface area contributed by atoms with Crippen LogP contribution >= 0.6 is 0 Å². The fourth-order valence-corrected chi connectivity index (χ4v) is 3.57. The maximum Gasteiger partial charge on any atom is 0.510 e. The number of nitrogens with zero attached hydrogens (tertiary/aromatic N) is 1. The molecule has 1 atom stereocenters. The predicted molar refractivity (Wildman–Crippen MR) is 152 cm³/mol. The van der Waals surface area contributed by atoms with Gasteiger partial charge in [-0.3, -0.25) is 4.79 Å². The molecule has 0 saturated carbocycles. The lowest BCUT2D eigenvalue weighted by Crippen LogP contribution is -2.47.